The summed E-state index contributed by atoms with van der Waals surface area (Å²) >= 11 is 0. The predicted octanol–water partition coefficient (Wildman–Crippen LogP) is 1.60. The van der Waals surface area contributed by atoms with E-state index >= 15 is 0 Å². The number of Topliss-reactive ketones (excluding diaryl/α,β-unsaturated/α-hetero) is 1. The van der Waals surface area contributed by atoms with Crippen molar-refractivity contribution in [1.82, 2.24) is 4.90 Å². The van der Waals surface area contributed by atoms with Crippen LogP contribution in [0.5, 0.6) is 0 Å². The minimum Gasteiger partial charge on any atom is -0.468 e. The van der Waals surface area contributed by atoms with E-state index in [0.29, 0.717) is 6.42 Å². The second-order valence-electron chi connectivity index (χ2n) is 5.75. The molecule has 0 aliphatic carbocycles. The minimum absolute atomic E-state index is 0.0399. The van der Waals surface area contributed by atoms with Gasteiger partial charge in [-0.15, -0.1) is 0 Å². The fraction of sp³-hybridized carbons (Fsp3) is 0.500. The molecule has 112 valence electrons. The Morgan fingerprint density at radius 2 is 1.95 bits per heavy atom. The fourth-order valence-electron chi connectivity index (χ4n) is 3.48. The first-order valence-corrected chi connectivity index (χ1v) is 7.02. The minimum atomic E-state index is -0.889. The van der Waals surface area contributed by atoms with E-state index in [1.165, 1.54) is 7.11 Å². The Balaban J connectivity index is 2.01. The molecule has 3 rings (SSSR count). The molecule has 4 atom stereocenters. The third-order valence-electron chi connectivity index (χ3n) is 4.51. The van der Waals surface area contributed by atoms with Gasteiger partial charge in [0.1, 0.15) is 17.6 Å². The van der Waals surface area contributed by atoms with E-state index in [9.17, 15) is 9.59 Å². The van der Waals surface area contributed by atoms with E-state index in [1.807, 2.05) is 36.1 Å². The number of esters is 1. The summed E-state index contributed by atoms with van der Waals surface area (Å²) in [7, 11) is 2.93. The highest BCUT2D eigenvalue weighted by molar-refractivity contribution is 5.95. The van der Waals surface area contributed by atoms with Crippen LogP contribution in [0.4, 0.5) is 0 Å². The Bertz CT molecular complexity index is 582. The zero-order valence-corrected chi connectivity index (χ0v) is 12.5. The number of hydrogen-bond acceptors (Lipinski definition) is 5. The van der Waals surface area contributed by atoms with Gasteiger partial charge in [-0.2, -0.15) is 0 Å². The maximum absolute atomic E-state index is 12.3. The number of nitrogens with zero attached hydrogens (tertiary/aromatic N) is 1. The smallest absolute Gasteiger partial charge is 0.328 e. The summed E-state index contributed by atoms with van der Waals surface area (Å²) in [5.74, 6) is -0.318. The van der Waals surface area contributed by atoms with Gasteiger partial charge in [-0.05, 0) is 12.5 Å². The largest absolute Gasteiger partial charge is 0.468 e. The molecule has 2 heterocycles. The number of fused-ring (bicyclic) bond motifs is 1. The number of piperidine rings is 1. The molecule has 2 saturated heterocycles. The topological polar surface area (TPSA) is 55.6 Å². The molecule has 5 nitrogen and oxygen atoms in total. The molecule has 0 amide bonds. The average molecular weight is 289 g/mol. The van der Waals surface area contributed by atoms with Crippen LogP contribution in [-0.2, 0) is 19.1 Å². The van der Waals surface area contributed by atoms with Crippen molar-refractivity contribution >= 4 is 11.8 Å². The van der Waals surface area contributed by atoms with Crippen molar-refractivity contribution < 1.29 is 19.1 Å². The van der Waals surface area contributed by atoms with Crippen LogP contribution in [0.25, 0.3) is 0 Å². The molecule has 5 heteroatoms. The number of carbonyl (C=O) groups is 2. The normalized spacial score (nSPS) is 34.2. The van der Waals surface area contributed by atoms with Crippen molar-refractivity contribution in [2.75, 3.05) is 14.2 Å². The van der Waals surface area contributed by atoms with Crippen molar-refractivity contribution in [3.8, 4) is 0 Å². The molecule has 1 aromatic carbocycles. The van der Waals surface area contributed by atoms with Crippen LogP contribution in [0.3, 0.4) is 0 Å². The average Bonchev–Trinajstić information content (AvgIpc) is 3.16. The van der Waals surface area contributed by atoms with E-state index in [0.717, 1.165) is 11.1 Å². The molecule has 21 heavy (non-hydrogen) atoms. The first kappa shape index (κ1) is 14.2. The number of rotatable bonds is 3. The highest BCUT2D eigenvalue weighted by Gasteiger charge is 2.74. The number of hydrogen-bond donors (Lipinski definition) is 0. The quantitative estimate of drug-likeness (QED) is 0.625. The lowest BCUT2D eigenvalue weighted by Crippen LogP contribution is -2.43. The Hall–Kier alpha value is -1.72. The van der Waals surface area contributed by atoms with Gasteiger partial charge in [-0.1, -0.05) is 29.8 Å². The van der Waals surface area contributed by atoms with Crippen LogP contribution in [0.15, 0.2) is 24.3 Å². The maximum Gasteiger partial charge on any atom is 0.328 e. The van der Waals surface area contributed by atoms with Gasteiger partial charge in [0, 0.05) is 20.0 Å². The molecule has 0 N–H and O–H groups in total. The van der Waals surface area contributed by atoms with Crippen molar-refractivity contribution in [2.24, 2.45) is 0 Å². The van der Waals surface area contributed by atoms with Crippen LogP contribution in [-0.4, -0.2) is 42.6 Å². The van der Waals surface area contributed by atoms with E-state index in [1.54, 1.807) is 7.11 Å². The number of benzene rings is 1. The molecular formula is C16H19NO4. The molecule has 2 aliphatic rings. The summed E-state index contributed by atoms with van der Waals surface area (Å²) in [5, 5.41) is 0. The van der Waals surface area contributed by atoms with Crippen molar-refractivity contribution in [1.29, 1.82) is 0 Å². The Morgan fingerprint density at radius 3 is 2.52 bits per heavy atom. The summed E-state index contributed by atoms with van der Waals surface area (Å²) in [6, 6.07) is 7.87. The van der Waals surface area contributed by atoms with E-state index in [4.69, 9.17) is 9.47 Å². The van der Waals surface area contributed by atoms with E-state index in [-0.39, 0.29) is 30.4 Å². The molecule has 1 unspecified atom stereocenters. The van der Waals surface area contributed by atoms with Gasteiger partial charge in [-0.25, -0.2) is 4.79 Å². The summed E-state index contributed by atoms with van der Waals surface area (Å²) in [6.45, 7) is 2.02. The second kappa shape index (κ2) is 4.93. The molecule has 0 radical (unpaired) electrons. The highest BCUT2D eigenvalue weighted by atomic mass is 16.5. The first-order chi connectivity index (χ1) is 10.0. The van der Waals surface area contributed by atoms with Crippen LogP contribution < -0.4 is 0 Å². The molecule has 0 bridgehead atoms. The van der Waals surface area contributed by atoms with Crippen LogP contribution >= 0.6 is 0 Å². The monoisotopic (exact) mass is 289 g/mol. The SMILES string of the molecule is COC(=O)[C@@]12CC(=O)C[C@H](OC)N1[C@H]2c1ccc(C)cc1. The lowest BCUT2D eigenvalue weighted by molar-refractivity contribution is -0.152. The number of carbonyl (C=O) groups excluding carboxylic acids is 2. The third kappa shape index (κ3) is 2.00. The molecule has 1 aromatic rings. The van der Waals surface area contributed by atoms with Gasteiger partial charge in [0.05, 0.1) is 13.2 Å². The summed E-state index contributed by atoms with van der Waals surface area (Å²) in [6.07, 6.45) is 0.145. The Kier molecular flexibility index (Phi) is 3.34. The van der Waals surface area contributed by atoms with Gasteiger partial charge in [0.2, 0.25) is 0 Å². The van der Waals surface area contributed by atoms with Crippen molar-refractivity contribution in [3.63, 3.8) is 0 Å². The second-order valence-corrected chi connectivity index (χ2v) is 5.75. The molecule has 0 spiro atoms. The molecule has 2 aliphatic heterocycles. The summed E-state index contributed by atoms with van der Waals surface area (Å²) in [4.78, 5) is 26.3. The Labute approximate surface area is 123 Å². The van der Waals surface area contributed by atoms with E-state index in [2.05, 4.69) is 0 Å². The zero-order chi connectivity index (χ0) is 15.2. The number of ether oxygens (including phenoxy) is 2. The standard InChI is InChI=1S/C16H19NO4/c1-10-4-6-11(7-5-10)14-16(15(19)21-3)9-12(18)8-13(20-2)17(14)16/h4-7,13-14H,8-9H2,1-3H3/t13-,14-,16-,17?/m0/s1. The maximum atomic E-state index is 12.3. The van der Waals surface area contributed by atoms with Gasteiger partial charge < -0.3 is 9.47 Å². The summed E-state index contributed by atoms with van der Waals surface area (Å²) < 4.78 is 10.4. The Morgan fingerprint density at radius 1 is 1.29 bits per heavy atom. The zero-order valence-electron chi connectivity index (χ0n) is 12.5. The molecular weight excluding hydrogens is 270 g/mol. The third-order valence-corrected chi connectivity index (χ3v) is 4.51. The van der Waals surface area contributed by atoms with Crippen molar-refractivity contribution in [2.45, 2.75) is 37.6 Å². The molecule has 2 fully saturated rings. The van der Waals surface area contributed by atoms with E-state index < -0.39 is 5.54 Å². The van der Waals surface area contributed by atoms with Gasteiger partial charge in [0.25, 0.3) is 0 Å². The lowest BCUT2D eigenvalue weighted by Gasteiger charge is -2.25. The van der Waals surface area contributed by atoms with Crippen LogP contribution in [0, 0.1) is 6.92 Å². The number of aryl methyl sites for hydroxylation is 1. The highest BCUT2D eigenvalue weighted by Crippen LogP contribution is 2.60. The van der Waals surface area contributed by atoms with Gasteiger partial charge >= 0.3 is 5.97 Å². The van der Waals surface area contributed by atoms with Crippen molar-refractivity contribution in [3.05, 3.63) is 35.4 Å². The van der Waals surface area contributed by atoms with Gasteiger partial charge in [0.15, 0.2) is 0 Å². The van der Waals surface area contributed by atoms with Gasteiger partial charge in [-0.3, -0.25) is 9.69 Å². The summed E-state index contributed by atoms with van der Waals surface area (Å²) in [5.41, 5.74) is 1.28. The lowest BCUT2D eigenvalue weighted by atomic mass is 9.91. The first-order valence-electron chi connectivity index (χ1n) is 7.02. The molecule has 0 saturated carbocycles. The number of methoxy groups -OCH3 is 2. The molecule has 0 aromatic heterocycles. The van der Waals surface area contributed by atoms with Crippen LogP contribution in [0.1, 0.15) is 30.0 Å². The number of ketones is 1. The predicted molar refractivity (Wildman–Crippen MR) is 75.5 cm³/mol. The van der Waals surface area contributed by atoms with Crippen LogP contribution in [0.2, 0.25) is 0 Å². The fourth-order valence-corrected chi connectivity index (χ4v) is 3.48.